The van der Waals surface area contributed by atoms with E-state index in [1.54, 1.807) is 43.3 Å². The molecule has 0 radical (unpaired) electrons. The van der Waals surface area contributed by atoms with E-state index in [4.69, 9.17) is 9.47 Å². The van der Waals surface area contributed by atoms with E-state index in [1.807, 2.05) is 6.92 Å². The summed E-state index contributed by atoms with van der Waals surface area (Å²) in [6.07, 6.45) is 3.81. The van der Waals surface area contributed by atoms with Crippen LogP contribution in [0.25, 0.3) is 17.2 Å². The van der Waals surface area contributed by atoms with Gasteiger partial charge in [0.15, 0.2) is 6.29 Å². The van der Waals surface area contributed by atoms with Crippen LogP contribution < -0.4 is 4.74 Å². The highest BCUT2D eigenvalue weighted by molar-refractivity contribution is 5.97. The molecule has 2 aromatic carbocycles. The molecule has 0 spiro atoms. The van der Waals surface area contributed by atoms with E-state index in [0.717, 1.165) is 12.8 Å². The summed E-state index contributed by atoms with van der Waals surface area (Å²) < 4.78 is 27.5. The topological polar surface area (TPSA) is 70.4 Å². The van der Waals surface area contributed by atoms with Gasteiger partial charge in [-0.25, -0.2) is 9.18 Å². The zero-order valence-corrected chi connectivity index (χ0v) is 18.8. The predicted octanol–water partition coefficient (Wildman–Crippen LogP) is 5.55. The van der Waals surface area contributed by atoms with Crippen molar-refractivity contribution in [3.63, 3.8) is 0 Å². The van der Waals surface area contributed by atoms with Gasteiger partial charge in [-0.3, -0.25) is 9.36 Å². The smallest absolute Gasteiger partial charge is 0.338 e. The molecule has 172 valence electrons. The number of rotatable bonds is 11. The lowest BCUT2D eigenvalue weighted by Gasteiger charge is -2.13. The molecule has 0 aliphatic rings. The second kappa shape index (κ2) is 11.2. The van der Waals surface area contributed by atoms with Gasteiger partial charge in [-0.15, -0.1) is 0 Å². The highest BCUT2D eigenvalue weighted by Gasteiger charge is 2.19. The average Bonchev–Trinajstić information content (AvgIpc) is 3.16. The maximum atomic E-state index is 15.1. The van der Waals surface area contributed by atoms with Crippen molar-refractivity contribution in [1.29, 1.82) is 0 Å². The minimum absolute atomic E-state index is 0.0526. The Kier molecular flexibility index (Phi) is 8.13. The molecule has 1 heterocycles. The lowest BCUT2D eigenvalue weighted by Crippen LogP contribution is -2.10. The van der Waals surface area contributed by atoms with Crippen LogP contribution >= 0.6 is 0 Å². The third-order valence-corrected chi connectivity index (χ3v) is 5.15. The van der Waals surface area contributed by atoms with Crippen LogP contribution in [0.5, 0.6) is 6.01 Å². The summed E-state index contributed by atoms with van der Waals surface area (Å²) in [6.45, 7) is 8.23. The zero-order valence-electron chi connectivity index (χ0n) is 18.8. The normalized spacial score (nSPS) is 10.6. The minimum atomic E-state index is -0.477. The molecule has 0 bridgehead atoms. The van der Waals surface area contributed by atoms with Gasteiger partial charge in [0.25, 0.3) is 6.01 Å². The Morgan fingerprint density at radius 2 is 2.00 bits per heavy atom. The first-order valence-electron chi connectivity index (χ1n) is 10.9. The molecule has 0 saturated heterocycles. The molecule has 3 aromatic rings. The van der Waals surface area contributed by atoms with E-state index in [2.05, 4.69) is 11.6 Å². The fourth-order valence-corrected chi connectivity index (χ4v) is 3.44. The van der Waals surface area contributed by atoms with Crippen LogP contribution in [0.4, 0.5) is 4.39 Å². The highest BCUT2D eigenvalue weighted by Crippen LogP contribution is 2.28. The van der Waals surface area contributed by atoms with Gasteiger partial charge in [0, 0.05) is 5.56 Å². The lowest BCUT2D eigenvalue weighted by molar-refractivity contribution is 0.0500. The van der Waals surface area contributed by atoms with Crippen molar-refractivity contribution < 1.29 is 23.5 Å². The molecule has 0 atom stereocenters. The molecule has 3 rings (SSSR count). The van der Waals surface area contributed by atoms with E-state index >= 15 is 4.39 Å². The average molecular weight is 451 g/mol. The van der Waals surface area contributed by atoms with Crippen LogP contribution in [-0.4, -0.2) is 35.0 Å². The Labute approximate surface area is 192 Å². The maximum absolute atomic E-state index is 15.1. The Morgan fingerprint density at radius 1 is 1.21 bits per heavy atom. The molecular weight excluding hydrogens is 423 g/mol. The van der Waals surface area contributed by atoms with Gasteiger partial charge in [0.05, 0.1) is 31.0 Å². The highest BCUT2D eigenvalue weighted by atomic mass is 19.1. The maximum Gasteiger partial charge on any atom is 0.338 e. The van der Waals surface area contributed by atoms with Crippen LogP contribution in [0.15, 0.2) is 49.0 Å². The van der Waals surface area contributed by atoms with Gasteiger partial charge in [-0.05, 0) is 42.7 Å². The van der Waals surface area contributed by atoms with Gasteiger partial charge in [-0.2, -0.15) is 4.98 Å². The van der Waals surface area contributed by atoms with Crippen LogP contribution in [0.1, 0.15) is 58.8 Å². The zero-order chi connectivity index (χ0) is 23.8. The summed E-state index contributed by atoms with van der Waals surface area (Å²) in [6, 6.07) is 11.9. The number of nitrogens with zero attached hydrogens (tertiary/aromatic N) is 2. The second-order valence-electron chi connectivity index (χ2n) is 7.35. The van der Waals surface area contributed by atoms with Gasteiger partial charge in [0.2, 0.25) is 0 Å². The van der Waals surface area contributed by atoms with Crippen LogP contribution in [0, 0.1) is 5.82 Å². The number of imidazole rings is 1. The van der Waals surface area contributed by atoms with Gasteiger partial charge in [0.1, 0.15) is 11.5 Å². The van der Waals surface area contributed by atoms with Gasteiger partial charge >= 0.3 is 5.97 Å². The Morgan fingerprint density at radius 3 is 2.67 bits per heavy atom. The Hall–Kier alpha value is -3.74. The third-order valence-electron chi connectivity index (χ3n) is 5.15. The summed E-state index contributed by atoms with van der Waals surface area (Å²) in [5, 5.41) is 0. The summed E-state index contributed by atoms with van der Waals surface area (Å²) in [4.78, 5) is 28.4. The third kappa shape index (κ3) is 5.37. The lowest BCUT2D eigenvalue weighted by atomic mass is 9.98. The summed E-state index contributed by atoms with van der Waals surface area (Å²) in [5.74, 6) is -0.911. The molecule has 0 amide bonds. The standard InChI is InChI=1S/C26H27FN2O4/c1-4-7-14-33-25(31)21-11-9-8-10-20(21)18-12-13-19(22(27)15-18)16-29-24(17-30)23(5-2)28-26(29)32-6-3/h5,8-13,15,17H,2,4,6-7,14,16H2,1,3H3. The second-order valence-corrected chi connectivity index (χ2v) is 7.35. The number of aldehydes is 1. The van der Waals surface area contributed by atoms with E-state index in [1.165, 1.54) is 16.7 Å². The van der Waals surface area contributed by atoms with Crippen molar-refractivity contribution in [2.45, 2.75) is 33.2 Å². The fourth-order valence-electron chi connectivity index (χ4n) is 3.44. The SMILES string of the molecule is C=Cc1nc(OCC)n(Cc2ccc(-c3ccccc3C(=O)OCCCC)cc2F)c1C=O. The van der Waals surface area contributed by atoms with Crippen molar-refractivity contribution in [3.8, 4) is 17.1 Å². The van der Waals surface area contributed by atoms with E-state index < -0.39 is 11.8 Å². The molecule has 0 saturated carbocycles. The van der Waals surface area contributed by atoms with Crippen molar-refractivity contribution in [2.75, 3.05) is 13.2 Å². The first kappa shape index (κ1) is 23.9. The number of hydrogen-bond acceptors (Lipinski definition) is 5. The number of aromatic nitrogens is 2. The molecule has 7 heteroatoms. The quantitative estimate of drug-likeness (QED) is 0.218. The first-order chi connectivity index (χ1) is 16.0. The first-order valence-corrected chi connectivity index (χ1v) is 10.9. The van der Waals surface area contributed by atoms with Crippen molar-refractivity contribution in [2.24, 2.45) is 0 Å². The number of carbonyl (C=O) groups excluding carboxylic acids is 2. The Bertz CT molecular complexity index is 1150. The number of unbranched alkanes of at least 4 members (excludes halogenated alkanes) is 1. The minimum Gasteiger partial charge on any atom is -0.465 e. The molecular formula is C26H27FN2O4. The van der Waals surface area contributed by atoms with Crippen molar-refractivity contribution >= 4 is 18.3 Å². The van der Waals surface area contributed by atoms with Crippen LogP contribution in [0.2, 0.25) is 0 Å². The molecule has 0 aliphatic carbocycles. The number of hydrogen-bond donors (Lipinski definition) is 0. The molecule has 33 heavy (non-hydrogen) atoms. The van der Waals surface area contributed by atoms with Gasteiger partial charge < -0.3 is 9.47 Å². The van der Waals surface area contributed by atoms with Crippen LogP contribution in [-0.2, 0) is 11.3 Å². The summed E-state index contributed by atoms with van der Waals surface area (Å²) in [5.41, 5.74) is 2.51. The Balaban J connectivity index is 1.93. The number of esters is 1. The fraction of sp³-hybridized carbons (Fsp3) is 0.269. The molecule has 0 aliphatic heterocycles. The predicted molar refractivity (Wildman–Crippen MR) is 125 cm³/mol. The number of ether oxygens (including phenoxy) is 2. The van der Waals surface area contributed by atoms with Crippen molar-refractivity contribution in [1.82, 2.24) is 9.55 Å². The molecule has 1 aromatic heterocycles. The number of halogens is 1. The van der Waals surface area contributed by atoms with Gasteiger partial charge in [-0.1, -0.05) is 50.3 Å². The molecule has 6 nitrogen and oxygen atoms in total. The van der Waals surface area contributed by atoms with Crippen molar-refractivity contribution in [3.05, 3.63) is 77.4 Å². The molecule has 0 unspecified atom stereocenters. The van der Waals surface area contributed by atoms with E-state index in [-0.39, 0.29) is 18.2 Å². The summed E-state index contributed by atoms with van der Waals surface area (Å²) >= 11 is 0. The molecule has 0 fully saturated rings. The number of carbonyl (C=O) groups is 2. The van der Waals surface area contributed by atoms with E-state index in [0.29, 0.717) is 47.4 Å². The van der Waals surface area contributed by atoms with Crippen LogP contribution in [0.3, 0.4) is 0 Å². The monoisotopic (exact) mass is 450 g/mol. The molecule has 0 N–H and O–H groups in total. The number of benzene rings is 2. The van der Waals surface area contributed by atoms with E-state index in [9.17, 15) is 9.59 Å². The largest absolute Gasteiger partial charge is 0.465 e. The summed E-state index contributed by atoms with van der Waals surface area (Å²) in [7, 11) is 0.